The Hall–Kier alpha value is -2.15. The topological polar surface area (TPSA) is 110 Å². The second-order valence-corrected chi connectivity index (χ2v) is 3.15. The van der Waals surface area contributed by atoms with Crippen molar-refractivity contribution in [2.75, 3.05) is 6.61 Å². The van der Waals surface area contributed by atoms with E-state index in [2.05, 4.69) is 4.74 Å². The SMILES string of the molecule is CCOC(=O)C(O)c1cc([N+](=O)[O-])ccc1O. The number of phenols is 1. The smallest absolute Gasteiger partial charge is 0.339 e. The molecule has 17 heavy (non-hydrogen) atoms. The lowest BCUT2D eigenvalue weighted by Crippen LogP contribution is -2.15. The highest BCUT2D eigenvalue weighted by atomic mass is 16.6. The number of aliphatic hydroxyl groups is 1. The zero-order valence-corrected chi connectivity index (χ0v) is 8.99. The number of hydrogen-bond acceptors (Lipinski definition) is 6. The number of carbonyl (C=O) groups excluding carboxylic acids is 1. The largest absolute Gasteiger partial charge is 0.508 e. The number of hydrogen-bond donors (Lipinski definition) is 2. The average Bonchev–Trinajstić information content (AvgIpc) is 2.28. The van der Waals surface area contributed by atoms with E-state index in [0.717, 1.165) is 18.2 Å². The molecule has 0 aliphatic heterocycles. The van der Waals surface area contributed by atoms with Crippen molar-refractivity contribution in [2.24, 2.45) is 0 Å². The first-order valence-electron chi connectivity index (χ1n) is 4.79. The van der Waals surface area contributed by atoms with Crippen molar-refractivity contribution in [1.82, 2.24) is 0 Å². The van der Waals surface area contributed by atoms with Gasteiger partial charge in [0.05, 0.1) is 11.5 Å². The summed E-state index contributed by atoms with van der Waals surface area (Å²) in [5, 5.41) is 29.5. The monoisotopic (exact) mass is 241 g/mol. The van der Waals surface area contributed by atoms with Crippen LogP contribution in [0.2, 0.25) is 0 Å². The van der Waals surface area contributed by atoms with Gasteiger partial charge in [0.2, 0.25) is 0 Å². The van der Waals surface area contributed by atoms with Gasteiger partial charge in [-0.25, -0.2) is 4.79 Å². The van der Waals surface area contributed by atoms with Crippen molar-refractivity contribution in [3.8, 4) is 5.75 Å². The van der Waals surface area contributed by atoms with Gasteiger partial charge in [-0.05, 0) is 13.0 Å². The van der Waals surface area contributed by atoms with Gasteiger partial charge >= 0.3 is 5.97 Å². The summed E-state index contributed by atoms with van der Waals surface area (Å²) in [4.78, 5) is 21.0. The Balaban J connectivity index is 3.07. The van der Waals surface area contributed by atoms with Gasteiger partial charge < -0.3 is 14.9 Å². The molecule has 2 N–H and O–H groups in total. The molecule has 1 atom stereocenters. The van der Waals surface area contributed by atoms with Crippen molar-refractivity contribution in [3.63, 3.8) is 0 Å². The number of nitro groups is 1. The summed E-state index contributed by atoms with van der Waals surface area (Å²) < 4.78 is 4.54. The van der Waals surface area contributed by atoms with Crippen molar-refractivity contribution in [1.29, 1.82) is 0 Å². The first-order valence-corrected chi connectivity index (χ1v) is 4.79. The maximum Gasteiger partial charge on any atom is 0.339 e. The highest BCUT2D eigenvalue weighted by Crippen LogP contribution is 2.28. The van der Waals surface area contributed by atoms with Gasteiger partial charge in [0.15, 0.2) is 6.10 Å². The molecule has 0 heterocycles. The van der Waals surface area contributed by atoms with E-state index in [1.807, 2.05) is 0 Å². The molecule has 92 valence electrons. The minimum atomic E-state index is -1.74. The number of ether oxygens (including phenoxy) is 1. The van der Waals surface area contributed by atoms with Gasteiger partial charge in [-0.1, -0.05) is 0 Å². The first-order chi connectivity index (χ1) is 7.97. The lowest BCUT2D eigenvalue weighted by atomic mass is 10.1. The minimum absolute atomic E-state index is 0.0611. The third-order valence-corrected chi connectivity index (χ3v) is 2.03. The van der Waals surface area contributed by atoms with Crippen LogP contribution in [0.1, 0.15) is 18.6 Å². The third kappa shape index (κ3) is 2.91. The van der Waals surface area contributed by atoms with Crippen molar-refractivity contribution >= 4 is 11.7 Å². The molecule has 0 bridgehead atoms. The summed E-state index contributed by atoms with van der Waals surface area (Å²) in [6, 6.07) is 3.03. The number of esters is 1. The zero-order chi connectivity index (χ0) is 13.0. The molecule has 0 saturated heterocycles. The van der Waals surface area contributed by atoms with E-state index >= 15 is 0 Å². The van der Waals surface area contributed by atoms with Crippen LogP contribution in [-0.2, 0) is 9.53 Å². The highest BCUT2D eigenvalue weighted by molar-refractivity contribution is 5.77. The van der Waals surface area contributed by atoms with Crippen LogP contribution in [-0.4, -0.2) is 27.7 Å². The molecule has 0 aliphatic rings. The molecule has 0 aromatic heterocycles. The number of rotatable bonds is 4. The fourth-order valence-electron chi connectivity index (χ4n) is 1.22. The number of nitrogens with zero attached hydrogens (tertiary/aromatic N) is 1. The number of benzene rings is 1. The molecule has 1 unspecified atom stereocenters. The zero-order valence-electron chi connectivity index (χ0n) is 8.99. The van der Waals surface area contributed by atoms with E-state index in [-0.39, 0.29) is 17.9 Å². The van der Waals surface area contributed by atoms with Crippen LogP contribution < -0.4 is 0 Å². The van der Waals surface area contributed by atoms with E-state index in [0.29, 0.717) is 0 Å². The van der Waals surface area contributed by atoms with Crippen LogP contribution in [0, 0.1) is 10.1 Å². The van der Waals surface area contributed by atoms with Gasteiger partial charge in [0.25, 0.3) is 5.69 Å². The number of aromatic hydroxyl groups is 1. The van der Waals surface area contributed by atoms with Crippen LogP contribution in [0.5, 0.6) is 5.75 Å². The van der Waals surface area contributed by atoms with Crippen LogP contribution in [0.25, 0.3) is 0 Å². The number of carbonyl (C=O) groups is 1. The second-order valence-electron chi connectivity index (χ2n) is 3.15. The molecule has 1 aromatic carbocycles. The maximum absolute atomic E-state index is 11.2. The Morgan fingerprint density at radius 3 is 2.76 bits per heavy atom. The van der Waals surface area contributed by atoms with Crippen LogP contribution in [0.3, 0.4) is 0 Å². The van der Waals surface area contributed by atoms with E-state index in [1.165, 1.54) is 0 Å². The molecule has 0 radical (unpaired) electrons. The number of phenolic OH excluding ortho intramolecular Hbond substituents is 1. The summed E-state index contributed by atoms with van der Waals surface area (Å²) in [5.74, 6) is -1.38. The molecular weight excluding hydrogens is 230 g/mol. The lowest BCUT2D eigenvalue weighted by Gasteiger charge is -2.11. The molecular formula is C10H11NO6. The molecule has 0 spiro atoms. The summed E-state index contributed by atoms with van der Waals surface area (Å²) in [6.07, 6.45) is -1.74. The molecule has 7 nitrogen and oxygen atoms in total. The van der Waals surface area contributed by atoms with Gasteiger partial charge in [-0.3, -0.25) is 10.1 Å². The maximum atomic E-state index is 11.2. The molecule has 7 heteroatoms. The average molecular weight is 241 g/mol. The Kier molecular flexibility index (Phi) is 4.00. The van der Waals surface area contributed by atoms with Gasteiger partial charge in [0, 0.05) is 17.7 Å². The van der Waals surface area contributed by atoms with E-state index < -0.39 is 22.7 Å². The van der Waals surface area contributed by atoms with Crippen molar-refractivity contribution in [3.05, 3.63) is 33.9 Å². The van der Waals surface area contributed by atoms with Crippen LogP contribution in [0.15, 0.2) is 18.2 Å². The molecule has 0 amide bonds. The van der Waals surface area contributed by atoms with E-state index in [4.69, 9.17) is 0 Å². The number of non-ortho nitro benzene ring substituents is 1. The molecule has 1 rings (SSSR count). The van der Waals surface area contributed by atoms with Crippen LogP contribution >= 0.6 is 0 Å². The number of nitro benzene ring substituents is 1. The summed E-state index contributed by atoms with van der Waals surface area (Å²) in [6.45, 7) is 1.61. The molecule has 1 aromatic rings. The Morgan fingerprint density at radius 2 is 2.24 bits per heavy atom. The normalized spacial score (nSPS) is 11.9. The molecule has 0 fully saturated rings. The molecule has 0 aliphatic carbocycles. The molecule has 0 saturated carbocycles. The van der Waals surface area contributed by atoms with E-state index in [9.17, 15) is 25.1 Å². The second kappa shape index (κ2) is 5.26. The van der Waals surface area contributed by atoms with E-state index in [1.54, 1.807) is 6.92 Å². The fraction of sp³-hybridized carbons (Fsp3) is 0.300. The minimum Gasteiger partial charge on any atom is -0.508 e. The van der Waals surface area contributed by atoms with Crippen molar-refractivity contribution < 1.29 is 24.7 Å². The lowest BCUT2D eigenvalue weighted by molar-refractivity contribution is -0.385. The predicted molar refractivity (Wildman–Crippen MR) is 56.4 cm³/mol. The summed E-state index contributed by atoms with van der Waals surface area (Å²) in [7, 11) is 0. The third-order valence-electron chi connectivity index (χ3n) is 2.03. The first kappa shape index (κ1) is 12.9. The van der Waals surface area contributed by atoms with Gasteiger partial charge in [-0.2, -0.15) is 0 Å². The van der Waals surface area contributed by atoms with Gasteiger partial charge in [-0.15, -0.1) is 0 Å². The quantitative estimate of drug-likeness (QED) is 0.460. The highest BCUT2D eigenvalue weighted by Gasteiger charge is 2.24. The van der Waals surface area contributed by atoms with Crippen molar-refractivity contribution in [2.45, 2.75) is 13.0 Å². The Labute approximate surface area is 96.4 Å². The summed E-state index contributed by atoms with van der Waals surface area (Å²) in [5.41, 5.74) is -0.584. The fourth-order valence-corrected chi connectivity index (χ4v) is 1.22. The summed E-state index contributed by atoms with van der Waals surface area (Å²) >= 11 is 0. The Morgan fingerprint density at radius 1 is 1.59 bits per heavy atom. The van der Waals surface area contributed by atoms with Crippen LogP contribution in [0.4, 0.5) is 5.69 Å². The standard InChI is InChI=1S/C10H11NO6/c1-2-17-10(14)9(13)7-5-6(11(15)16)3-4-8(7)12/h3-5,9,12-13H,2H2,1H3. The Bertz CT molecular complexity index is 444. The number of aliphatic hydroxyl groups excluding tert-OH is 1. The predicted octanol–water partition coefficient (Wildman–Crippen LogP) is 0.897. The van der Waals surface area contributed by atoms with Gasteiger partial charge in [0.1, 0.15) is 5.75 Å².